The first-order valence-electron chi connectivity index (χ1n) is 8.21. The molecule has 24 heavy (non-hydrogen) atoms. The number of sulfonamides is 1. The lowest BCUT2D eigenvalue weighted by Gasteiger charge is -2.23. The Labute approximate surface area is 144 Å². The Morgan fingerprint density at radius 1 is 1.29 bits per heavy atom. The number of hydrogen-bond acceptors (Lipinski definition) is 4. The van der Waals surface area contributed by atoms with Crippen molar-refractivity contribution in [3.63, 3.8) is 0 Å². The van der Waals surface area contributed by atoms with Crippen molar-refractivity contribution < 1.29 is 17.9 Å². The molecule has 1 aromatic rings. The number of benzene rings is 1. The molecule has 1 aromatic carbocycles. The number of ether oxygens (including phenoxy) is 1. The molecule has 7 heteroatoms. The van der Waals surface area contributed by atoms with Crippen LogP contribution in [0.4, 0.5) is 5.69 Å². The van der Waals surface area contributed by atoms with E-state index < -0.39 is 10.0 Å². The van der Waals surface area contributed by atoms with Crippen LogP contribution in [-0.4, -0.2) is 39.3 Å². The van der Waals surface area contributed by atoms with Gasteiger partial charge in [0.2, 0.25) is 15.9 Å². The molecular formula is C17H26N2O4S. The summed E-state index contributed by atoms with van der Waals surface area (Å²) in [4.78, 5) is 12.6. The zero-order valence-corrected chi connectivity index (χ0v) is 15.6. The zero-order chi connectivity index (χ0) is 18.0. The van der Waals surface area contributed by atoms with Gasteiger partial charge in [-0.3, -0.25) is 4.79 Å². The van der Waals surface area contributed by atoms with Crippen molar-refractivity contribution in [2.24, 2.45) is 5.41 Å². The van der Waals surface area contributed by atoms with Crippen molar-refractivity contribution in [2.45, 2.75) is 44.4 Å². The van der Waals surface area contributed by atoms with Crippen molar-refractivity contribution in [3.05, 3.63) is 18.2 Å². The van der Waals surface area contributed by atoms with E-state index in [1.165, 1.54) is 20.2 Å². The van der Waals surface area contributed by atoms with Crippen LogP contribution in [0.5, 0.6) is 5.75 Å². The molecule has 1 aliphatic carbocycles. The largest absolute Gasteiger partial charge is 0.492 e. The maximum Gasteiger partial charge on any atom is 0.246 e. The van der Waals surface area contributed by atoms with E-state index in [-0.39, 0.29) is 22.0 Å². The van der Waals surface area contributed by atoms with Crippen LogP contribution >= 0.6 is 0 Å². The molecule has 1 fully saturated rings. The Kier molecular flexibility index (Phi) is 5.55. The smallest absolute Gasteiger partial charge is 0.246 e. The van der Waals surface area contributed by atoms with Gasteiger partial charge in [-0.1, -0.05) is 19.8 Å². The summed E-state index contributed by atoms with van der Waals surface area (Å²) in [6, 6.07) is 4.74. The van der Waals surface area contributed by atoms with Crippen molar-refractivity contribution >= 4 is 21.6 Å². The highest BCUT2D eigenvalue weighted by molar-refractivity contribution is 7.89. The Morgan fingerprint density at radius 2 is 1.92 bits per heavy atom. The van der Waals surface area contributed by atoms with Crippen LogP contribution in [-0.2, 0) is 14.8 Å². The molecule has 0 spiro atoms. The van der Waals surface area contributed by atoms with Gasteiger partial charge < -0.3 is 10.1 Å². The van der Waals surface area contributed by atoms with Gasteiger partial charge in [-0.05, 0) is 38.0 Å². The lowest BCUT2D eigenvalue weighted by atomic mass is 9.88. The predicted molar refractivity (Wildman–Crippen MR) is 93.7 cm³/mol. The van der Waals surface area contributed by atoms with Gasteiger partial charge in [0.25, 0.3) is 0 Å². The van der Waals surface area contributed by atoms with Crippen LogP contribution in [0.1, 0.15) is 39.5 Å². The second-order valence-corrected chi connectivity index (χ2v) is 8.72. The van der Waals surface area contributed by atoms with Gasteiger partial charge in [0.1, 0.15) is 10.6 Å². The Balaban J connectivity index is 2.34. The van der Waals surface area contributed by atoms with Gasteiger partial charge in [0.05, 0.1) is 6.61 Å². The van der Waals surface area contributed by atoms with E-state index in [4.69, 9.17) is 4.74 Å². The predicted octanol–water partition coefficient (Wildman–Crippen LogP) is 2.85. The highest BCUT2D eigenvalue weighted by atomic mass is 32.2. The van der Waals surface area contributed by atoms with E-state index in [1.807, 2.05) is 6.92 Å². The molecule has 1 amide bonds. The molecule has 6 nitrogen and oxygen atoms in total. The molecule has 1 saturated carbocycles. The van der Waals surface area contributed by atoms with E-state index in [9.17, 15) is 13.2 Å². The number of amides is 1. The van der Waals surface area contributed by atoms with E-state index >= 15 is 0 Å². The third kappa shape index (κ3) is 3.72. The SMILES string of the molecule is CCOc1ccc(NC(=O)C2(C)CCCC2)cc1S(=O)(=O)N(C)C. The van der Waals surface area contributed by atoms with Gasteiger partial charge in [0.15, 0.2) is 0 Å². The number of nitrogens with zero attached hydrogens (tertiary/aromatic N) is 1. The van der Waals surface area contributed by atoms with Crippen LogP contribution in [0.15, 0.2) is 23.1 Å². The van der Waals surface area contributed by atoms with E-state index in [1.54, 1.807) is 19.1 Å². The topological polar surface area (TPSA) is 75.7 Å². The van der Waals surface area contributed by atoms with Crippen LogP contribution in [0.2, 0.25) is 0 Å². The Hall–Kier alpha value is -1.60. The zero-order valence-electron chi connectivity index (χ0n) is 14.8. The molecule has 134 valence electrons. The summed E-state index contributed by atoms with van der Waals surface area (Å²) < 4.78 is 31.6. The Bertz CT molecular complexity index is 707. The molecule has 0 aromatic heterocycles. The molecule has 0 radical (unpaired) electrons. The van der Waals surface area contributed by atoms with Gasteiger partial charge in [-0.25, -0.2) is 12.7 Å². The number of nitrogens with one attached hydrogen (secondary N) is 1. The number of rotatable bonds is 6. The molecule has 0 bridgehead atoms. The molecule has 0 saturated heterocycles. The standard InChI is InChI=1S/C17H26N2O4S/c1-5-23-14-9-8-13(12-15(14)24(21,22)19(3)4)18-16(20)17(2)10-6-7-11-17/h8-9,12H,5-7,10-11H2,1-4H3,(H,18,20). The summed E-state index contributed by atoms with van der Waals surface area (Å²) in [5.41, 5.74) is 0.0936. The minimum atomic E-state index is -3.67. The van der Waals surface area contributed by atoms with Gasteiger partial charge in [-0.15, -0.1) is 0 Å². The molecule has 0 heterocycles. The maximum atomic E-state index is 12.5. The minimum absolute atomic E-state index is 0.0580. The first-order valence-corrected chi connectivity index (χ1v) is 9.65. The number of carbonyl (C=O) groups excluding carboxylic acids is 1. The van der Waals surface area contributed by atoms with Gasteiger partial charge in [-0.2, -0.15) is 0 Å². The molecule has 1 aliphatic rings. The first kappa shape index (κ1) is 18.7. The Morgan fingerprint density at radius 3 is 2.46 bits per heavy atom. The van der Waals surface area contributed by atoms with Crippen LogP contribution in [0.3, 0.4) is 0 Å². The highest BCUT2D eigenvalue weighted by Crippen LogP contribution is 2.39. The van der Waals surface area contributed by atoms with Crippen molar-refractivity contribution in [1.82, 2.24) is 4.31 Å². The fraction of sp³-hybridized carbons (Fsp3) is 0.588. The second kappa shape index (κ2) is 7.11. The number of anilines is 1. The molecule has 0 aliphatic heterocycles. The fourth-order valence-electron chi connectivity index (χ4n) is 2.92. The first-order chi connectivity index (χ1) is 11.2. The lowest BCUT2D eigenvalue weighted by molar-refractivity contribution is -0.124. The minimum Gasteiger partial charge on any atom is -0.492 e. The highest BCUT2D eigenvalue weighted by Gasteiger charge is 2.36. The summed E-state index contributed by atoms with van der Waals surface area (Å²) >= 11 is 0. The monoisotopic (exact) mass is 354 g/mol. The number of carbonyl (C=O) groups is 1. The van der Waals surface area contributed by atoms with Gasteiger partial charge >= 0.3 is 0 Å². The molecular weight excluding hydrogens is 328 g/mol. The second-order valence-electron chi connectivity index (χ2n) is 6.60. The summed E-state index contributed by atoms with van der Waals surface area (Å²) in [5.74, 6) is 0.230. The van der Waals surface area contributed by atoms with Crippen molar-refractivity contribution in [3.8, 4) is 5.75 Å². The molecule has 0 unspecified atom stereocenters. The summed E-state index contributed by atoms with van der Waals surface area (Å²) in [5, 5.41) is 2.87. The van der Waals surface area contributed by atoms with E-state index in [0.717, 1.165) is 30.0 Å². The summed E-state index contributed by atoms with van der Waals surface area (Å²) in [6.45, 7) is 4.11. The lowest BCUT2D eigenvalue weighted by Crippen LogP contribution is -2.31. The average molecular weight is 354 g/mol. The van der Waals surface area contributed by atoms with Crippen molar-refractivity contribution in [1.29, 1.82) is 0 Å². The molecule has 2 rings (SSSR count). The van der Waals surface area contributed by atoms with E-state index in [2.05, 4.69) is 5.32 Å². The fourth-order valence-corrected chi connectivity index (χ4v) is 3.97. The van der Waals surface area contributed by atoms with Crippen LogP contribution in [0, 0.1) is 5.41 Å². The van der Waals surface area contributed by atoms with Gasteiger partial charge in [0, 0.05) is 25.2 Å². The quantitative estimate of drug-likeness (QED) is 0.852. The number of hydrogen-bond donors (Lipinski definition) is 1. The molecule has 0 atom stereocenters. The van der Waals surface area contributed by atoms with Crippen molar-refractivity contribution in [2.75, 3.05) is 26.0 Å². The van der Waals surface area contributed by atoms with Crippen LogP contribution < -0.4 is 10.1 Å². The van der Waals surface area contributed by atoms with Crippen LogP contribution in [0.25, 0.3) is 0 Å². The third-order valence-corrected chi connectivity index (χ3v) is 6.35. The van der Waals surface area contributed by atoms with E-state index in [0.29, 0.717) is 12.3 Å². The molecule has 1 N–H and O–H groups in total. The summed E-state index contributed by atoms with van der Waals surface area (Å²) in [7, 11) is -0.729. The summed E-state index contributed by atoms with van der Waals surface area (Å²) in [6.07, 6.45) is 3.82. The third-order valence-electron chi connectivity index (χ3n) is 4.52. The normalized spacial score (nSPS) is 17.0. The average Bonchev–Trinajstić information content (AvgIpc) is 2.97. The maximum absolute atomic E-state index is 12.5.